The van der Waals surface area contributed by atoms with Gasteiger partial charge in [-0.3, -0.25) is 18.3 Å². The second-order valence-electron chi connectivity index (χ2n) is 6.10. The van der Waals surface area contributed by atoms with E-state index in [0.29, 0.717) is 20.2 Å². The average Bonchev–Trinajstić information content (AvgIpc) is 3.34. The molecule has 0 bridgehead atoms. The second-order valence-corrected chi connectivity index (χ2v) is 9.00. The lowest BCUT2D eigenvalue weighted by Gasteiger charge is -2.07. The molecule has 0 aliphatic rings. The molecule has 0 amide bonds. The van der Waals surface area contributed by atoms with Gasteiger partial charge in [0, 0.05) is 11.4 Å². The molecule has 0 radical (unpaired) electrons. The van der Waals surface area contributed by atoms with Crippen molar-refractivity contribution in [3.05, 3.63) is 83.8 Å². The maximum Gasteiger partial charge on any atom is 0.278 e. The lowest BCUT2D eigenvalue weighted by atomic mass is 10.3. The predicted molar refractivity (Wildman–Crippen MR) is 133 cm³/mol. The van der Waals surface area contributed by atoms with Gasteiger partial charge < -0.3 is 15.7 Å². The first kappa shape index (κ1) is 24.1. The van der Waals surface area contributed by atoms with Crippen LogP contribution in [0, 0.1) is 22.7 Å². The highest BCUT2D eigenvalue weighted by molar-refractivity contribution is 9.10. The van der Waals surface area contributed by atoms with Crippen molar-refractivity contribution in [3.8, 4) is 17.9 Å². The fourth-order valence-corrected chi connectivity index (χ4v) is 4.61. The van der Waals surface area contributed by atoms with E-state index in [4.69, 9.17) is 22.1 Å². The van der Waals surface area contributed by atoms with Crippen LogP contribution in [0.15, 0.2) is 56.5 Å². The van der Waals surface area contributed by atoms with E-state index >= 15 is 0 Å². The van der Waals surface area contributed by atoms with Crippen LogP contribution in [0.5, 0.6) is 5.75 Å². The topological polar surface area (TPSA) is 158 Å². The summed E-state index contributed by atoms with van der Waals surface area (Å²) >= 11 is 11.1. The van der Waals surface area contributed by atoms with Crippen molar-refractivity contribution in [1.82, 2.24) is 8.75 Å². The van der Waals surface area contributed by atoms with Crippen LogP contribution in [0.2, 0.25) is 5.02 Å². The minimum Gasteiger partial charge on any atom is -0.505 e. The molecule has 4 rings (SSSR count). The number of aromatic nitrogens is 2. The summed E-state index contributed by atoms with van der Waals surface area (Å²) in [6.45, 7) is 0. The number of phenols is 1. The van der Waals surface area contributed by atoms with E-state index in [1.807, 2.05) is 42.5 Å². The van der Waals surface area contributed by atoms with Gasteiger partial charge in [0.1, 0.15) is 27.9 Å². The zero-order valence-electron chi connectivity index (χ0n) is 16.3. The first-order chi connectivity index (χ1) is 15.8. The summed E-state index contributed by atoms with van der Waals surface area (Å²) in [5.41, 5.74) is 0.764. The third kappa shape index (κ3) is 5.83. The van der Waals surface area contributed by atoms with Gasteiger partial charge in [-0.15, -0.1) is 0 Å². The quantitative estimate of drug-likeness (QED) is 0.213. The fraction of sp³-hybridized carbons (Fsp3) is 0. The largest absolute Gasteiger partial charge is 0.505 e. The number of H-pyrrole nitrogens is 2. The molecular formula is C20H12BrClN6O3S2. The van der Waals surface area contributed by atoms with Gasteiger partial charge in [0.2, 0.25) is 0 Å². The highest BCUT2D eigenvalue weighted by Gasteiger charge is 2.12. The van der Waals surface area contributed by atoms with Crippen LogP contribution in [-0.2, 0) is 0 Å². The van der Waals surface area contributed by atoms with Gasteiger partial charge in [0.25, 0.3) is 11.1 Å². The summed E-state index contributed by atoms with van der Waals surface area (Å²) in [6.07, 6.45) is 0. The van der Waals surface area contributed by atoms with E-state index in [1.165, 1.54) is 6.07 Å². The number of para-hydroxylation sites is 1. The number of halogens is 2. The molecule has 0 aliphatic heterocycles. The molecule has 4 aromatic rings. The van der Waals surface area contributed by atoms with Crippen molar-refractivity contribution in [3.63, 3.8) is 0 Å². The molecule has 13 heteroatoms. The second kappa shape index (κ2) is 10.8. The van der Waals surface area contributed by atoms with Gasteiger partial charge in [0.15, 0.2) is 11.1 Å². The fourth-order valence-electron chi connectivity index (χ4n) is 2.41. The molecule has 0 aliphatic carbocycles. The van der Waals surface area contributed by atoms with Crippen LogP contribution in [0.25, 0.3) is 0 Å². The van der Waals surface area contributed by atoms with E-state index in [1.54, 1.807) is 6.07 Å². The Kier molecular flexibility index (Phi) is 7.92. The van der Waals surface area contributed by atoms with E-state index in [2.05, 4.69) is 35.3 Å². The molecule has 0 fully saturated rings. The molecule has 0 atom stereocenters. The molecule has 0 unspecified atom stereocenters. The first-order valence-electron chi connectivity index (χ1n) is 8.84. The Balaban J connectivity index is 0.000000189. The number of aromatic hydroxyl groups is 1. The lowest BCUT2D eigenvalue weighted by molar-refractivity contribution is 0.472. The number of nitrogens with one attached hydrogen (secondary N) is 4. The number of hydrogen-bond acceptors (Lipinski definition) is 9. The Labute approximate surface area is 208 Å². The molecule has 33 heavy (non-hydrogen) atoms. The molecule has 0 saturated carbocycles. The number of aromatic amines is 2. The Hall–Kier alpha value is -3.55. The van der Waals surface area contributed by atoms with Crippen LogP contribution < -0.4 is 21.8 Å². The number of phenolic OH excluding ortho intramolecular Hbond substituents is 1. The Morgan fingerprint density at radius 1 is 0.909 bits per heavy atom. The van der Waals surface area contributed by atoms with E-state index in [-0.39, 0.29) is 27.5 Å². The molecule has 0 saturated heterocycles. The molecule has 166 valence electrons. The maximum atomic E-state index is 11.3. The van der Waals surface area contributed by atoms with Crippen LogP contribution in [0.4, 0.5) is 21.4 Å². The zero-order valence-corrected chi connectivity index (χ0v) is 20.2. The van der Waals surface area contributed by atoms with Gasteiger partial charge in [-0.2, -0.15) is 10.5 Å². The molecular weight excluding hydrogens is 552 g/mol. The number of hydrogen-bond donors (Lipinski definition) is 5. The minimum atomic E-state index is -0.436. The van der Waals surface area contributed by atoms with Crippen LogP contribution in [-0.4, -0.2) is 13.9 Å². The van der Waals surface area contributed by atoms with Crippen molar-refractivity contribution in [2.45, 2.75) is 0 Å². The smallest absolute Gasteiger partial charge is 0.278 e. The maximum absolute atomic E-state index is 11.3. The summed E-state index contributed by atoms with van der Waals surface area (Å²) in [4.78, 5) is 22.4. The summed E-state index contributed by atoms with van der Waals surface area (Å²) in [5.74, 6) is -0.0648. The summed E-state index contributed by atoms with van der Waals surface area (Å²) < 4.78 is 5.38. The van der Waals surface area contributed by atoms with Crippen molar-refractivity contribution in [2.24, 2.45) is 0 Å². The average molecular weight is 564 g/mol. The van der Waals surface area contributed by atoms with Gasteiger partial charge >= 0.3 is 0 Å². The van der Waals surface area contributed by atoms with Crippen molar-refractivity contribution in [2.75, 3.05) is 10.6 Å². The summed E-state index contributed by atoms with van der Waals surface area (Å²) in [5, 5.41) is 34.1. The number of anilines is 4. The summed E-state index contributed by atoms with van der Waals surface area (Å²) in [6, 6.07) is 16.2. The minimum absolute atomic E-state index is 0.0142. The molecule has 2 aromatic heterocycles. The third-order valence-electron chi connectivity index (χ3n) is 3.93. The Morgan fingerprint density at radius 2 is 1.42 bits per heavy atom. The van der Waals surface area contributed by atoms with Gasteiger partial charge in [-0.25, -0.2) is 0 Å². The first-order valence-corrected chi connectivity index (χ1v) is 11.6. The molecule has 5 N–H and O–H groups in total. The SMILES string of the molecule is N#Cc1c(Nc2cc(Cl)c(O)c(Br)c2)s[nH]c1=O.N#Cc1c(Nc2ccccc2)s[nH]c1=O. The summed E-state index contributed by atoms with van der Waals surface area (Å²) in [7, 11) is 0. The van der Waals surface area contributed by atoms with E-state index in [9.17, 15) is 14.7 Å². The number of nitrogens with zero attached hydrogens (tertiary/aromatic N) is 2. The predicted octanol–water partition coefficient (Wildman–Crippen LogP) is 5.22. The highest BCUT2D eigenvalue weighted by Crippen LogP contribution is 2.36. The Bertz CT molecular complexity index is 1460. The molecule has 9 nitrogen and oxygen atoms in total. The molecule has 2 heterocycles. The van der Waals surface area contributed by atoms with Gasteiger partial charge in [0.05, 0.1) is 9.50 Å². The van der Waals surface area contributed by atoms with Crippen molar-refractivity contribution >= 4 is 72.0 Å². The van der Waals surface area contributed by atoms with Crippen molar-refractivity contribution in [1.29, 1.82) is 10.5 Å². The number of nitriles is 2. The number of benzene rings is 2. The standard InChI is InChI=1S/C10H5BrClN3O2S.C10H7N3OS/c11-6-1-4(2-7(12)8(6)16)14-10-5(3-13)9(17)15-18-10;11-6-8-9(14)13-15-10(8)12-7-4-2-1-3-5-7/h1-2,14,16H,(H,15,17);1-5,12H,(H,13,14). The molecule has 0 spiro atoms. The molecule has 2 aromatic carbocycles. The zero-order chi connectivity index (χ0) is 24.0. The third-order valence-corrected chi connectivity index (χ3v) is 6.42. The Morgan fingerprint density at radius 3 is 1.91 bits per heavy atom. The number of rotatable bonds is 4. The monoisotopic (exact) mass is 562 g/mol. The van der Waals surface area contributed by atoms with Crippen LogP contribution >= 0.6 is 50.6 Å². The van der Waals surface area contributed by atoms with E-state index in [0.717, 1.165) is 28.8 Å². The van der Waals surface area contributed by atoms with Crippen molar-refractivity contribution < 1.29 is 5.11 Å². The van der Waals surface area contributed by atoms with Gasteiger partial charge in [-0.05, 0) is 63.3 Å². The van der Waals surface area contributed by atoms with Gasteiger partial charge in [-0.1, -0.05) is 29.8 Å². The normalized spacial score (nSPS) is 9.82. The highest BCUT2D eigenvalue weighted by atomic mass is 79.9. The van der Waals surface area contributed by atoms with Crippen LogP contribution in [0.1, 0.15) is 11.1 Å². The lowest BCUT2D eigenvalue weighted by Crippen LogP contribution is -2.02. The van der Waals surface area contributed by atoms with Crippen LogP contribution in [0.3, 0.4) is 0 Å². The van der Waals surface area contributed by atoms with E-state index < -0.39 is 5.56 Å².